The van der Waals surface area contributed by atoms with E-state index < -0.39 is 0 Å². The highest BCUT2D eigenvalue weighted by Gasteiger charge is 2.21. The largest absolute Gasteiger partial charge is 0.373 e. The first kappa shape index (κ1) is 13.0. The summed E-state index contributed by atoms with van der Waals surface area (Å²) in [6, 6.07) is 0. The Hall–Kier alpha value is -1.40. The molecule has 6 heteroatoms. The molecule has 1 aliphatic heterocycles. The van der Waals surface area contributed by atoms with E-state index in [1.807, 2.05) is 32.1 Å². The summed E-state index contributed by atoms with van der Waals surface area (Å²) in [5.41, 5.74) is 6.72. The van der Waals surface area contributed by atoms with Crippen LogP contribution in [0.1, 0.15) is 5.56 Å². The van der Waals surface area contributed by atoms with E-state index in [0.717, 1.165) is 30.4 Å². The summed E-state index contributed by atoms with van der Waals surface area (Å²) in [7, 11) is 3.97. The van der Waals surface area contributed by atoms with Gasteiger partial charge in [0.1, 0.15) is 5.82 Å². The number of nitrogens with two attached hydrogens (primary N) is 1. The van der Waals surface area contributed by atoms with Crippen molar-refractivity contribution >= 4 is 11.8 Å². The Kier molecular flexibility index (Phi) is 3.98. The molecule has 0 bridgehead atoms. The number of anilines is 2. The molecule has 1 aromatic rings. The van der Waals surface area contributed by atoms with E-state index in [0.29, 0.717) is 13.2 Å². The van der Waals surface area contributed by atoms with Gasteiger partial charge >= 0.3 is 0 Å². The van der Waals surface area contributed by atoms with Gasteiger partial charge in [-0.25, -0.2) is 4.98 Å². The summed E-state index contributed by atoms with van der Waals surface area (Å²) in [6.07, 6.45) is 1.94. The van der Waals surface area contributed by atoms with Crippen LogP contribution in [-0.2, 0) is 4.74 Å². The zero-order valence-electron chi connectivity index (χ0n) is 11.3. The molecule has 18 heavy (non-hydrogen) atoms. The number of hydrogen-bond donors (Lipinski definition) is 1. The Morgan fingerprint density at radius 1 is 1.56 bits per heavy atom. The van der Waals surface area contributed by atoms with Crippen molar-refractivity contribution in [3.8, 4) is 0 Å². The van der Waals surface area contributed by atoms with Crippen molar-refractivity contribution < 1.29 is 4.74 Å². The van der Waals surface area contributed by atoms with Crippen LogP contribution in [0, 0.1) is 6.92 Å². The van der Waals surface area contributed by atoms with Crippen molar-refractivity contribution in [2.75, 3.05) is 50.1 Å². The minimum Gasteiger partial charge on any atom is -0.373 e. The number of aryl methyl sites for hydroxylation is 1. The minimum atomic E-state index is 0.0754. The van der Waals surface area contributed by atoms with Gasteiger partial charge in [0.15, 0.2) is 0 Å². The van der Waals surface area contributed by atoms with Crippen LogP contribution in [0.15, 0.2) is 6.20 Å². The molecular formula is C12H21N5O. The maximum Gasteiger partial charge on any atom is 0.227 e. The molecule has 0 saturated carbocycles. The lowest BCUT2D eigenvalue weighted by molar-refractivity contribution is 0.0460. The Morgan fingerprint density at radius 2 is 2.33 bits per heavy atom. The summed E-state index contributed by atoms with van der Waals surface area (Å²) in [4.78, 5) is 13.1. The van der Waals surface area contributed by atoms with E-state index in [1.54, 1.807) is 0 Å². The summed E-state index contributed by atoms with van der Waals surface area (Å²) < 4.78 is 5.55. The van der Waals surface area contributed by atoms with Crippen LogP contribution in [0.2, 0.25) is 0 Å². The van der Waals surface area contributed by atoms with Gasteiger partial charge in [-0.2, -0.15) is 4.98 Å². The SMILES string of the molecule is Cc1cnc(N2CCOC(CN)C2)nc1N(C)C. The van der Waals surface area contributed by atoms with E-state index in [9.17, 15) is 0 Å². The van der Waals surface area contributed by atoms with Gasteiger partial charge in [-0.1, -0.05) is 0 Å². The lowest BCUT2D eigenvalue weighted by Gasteiger charge is -2.32. The first-order valence-corrected chi connectivity index (χ1v) is 6.19. The van der Waals surface area contributed by atoms with Crippen LogP contribution >= 0.6 is 0 Å². The number of nitrogens with zero attached hydrogens (tertiary/aromatic N) is 4. The summed E-state index contributed by atoms with van der Waals surface area (Å²) >= 11 is 0. The van der Waals surface area contributed by atoms with Gasteiger partial charge in [-0.15, -0.1) is 0 Å². The fourth-order valence-corrected chi connectivity index (χ4v) is 2.07. The van der Waals surface area contributed by atoms with Crippen molar-refractivity contribution in [1.29, 1.82) is 0 Å². The van der Waals surface area contributed by atoms with Crippen LogP contribution in [0.25, 0.3) is 0 Å². The van der Waals surface area contributed by atoms with E-state index in [-0.39, 0.29) is 6.10 Å². The van der Waals surface area contributed by atoms with E-state index >= 15 is 0 Å². The summed E-state index contributed by atoms with van der Waals surface area (Å²) in [5.74, 6) is 1.71. The Labute approximate surface area is 108 Å². The molecular weight excluding hydrogens is 230 g/mol. The van der Waals surface area contributed by atoms with Crippen molar-refractivity contribution in [3.63, 3.8) is 0 Å². The van der Waals surface area contributed by atoms with E-state index in [2.05, 4.69) is 14.9 Å². The predicted molar refractivity (Wildman–Crippen MR) is 72.1 cm³/mol. The average molecular weight is 251 g/mol. The number of morpholine rings is 1. The first-order chi connectivity index (χ1) is 8.61. The number of ether oxygens (including phenoxy) is 1. The van der Waals surface area contributed by atoms with Crippen LogP contribution in [-0.4, -0.2) is 56.4 Å². The van der Waals surface area contributed by atoms with Gasteiger partial charge in [-0.05, 0) is 6.92 Å². The molecule has 0 aliphatic carbocycles. The molecule has 1 aromatic heterocycles. The first-order valence-electron chi connectivity index (χ1n) is 6.19. The number of rotatable bonds is 3. The molecule has 2 N–H and O–H groups in total. The molecule has 6 nitrogen and oxygen atoms in total. The highest BCUT2D eigenvalue weighted by Crippen LogP contribution is 2.19. The monoisotopic (exact) mass is 251 g/mol. The summed E-state index contributed by atoms with van der Waals surface area (Å²) in [6.45, 7) is 4.79. The van der Waals surface area contributed by atoms with Crippen LogP contribution in [0.3, 0.4) is 0 Å². The maximum atomic E-state index is 5.65. The molecule has 100 valence electrons. The van der Waals surface area contributed by atoms with Gasteiger partial charge in [0.2, 0.25) is 5.95 Å². The second kappa shape index (κ2) is 5.49. The summed E-state index contributed by atoms with van der Waals surface area (Å²) in [5, 5.41) is 0. The zero-order valence-corrected chi connectivity index (χ0v) is 11.3. The maximum absolute atomic E-state index is 5.65. The molecule has 0 amide bonds. The van der Waals surface area contributed by atoms with Crippen molar-refractivity contribution in [2.45, 2.75) is 13.0 Å². The lowest BCUT2D eigenvalue weighted by Crippen LogP contribution is -2.46. The van der Waals surface area contributed by atoms with Crippen molar-refractivity contribution in [3.05, 3.63) is 11.8 Å². The standard InChI is InChI=1S/C12H21N5O/c1-9-7-14-12(15-11(9)16(2)3)17-4-5-18-10(6-13)8-17/h7,10H,4-6,8,13H2,1-3H3. The molecule has 1 atom stereocenters. The average Bonchev–Trinajstić information content (AvgIpc) is 2.39. The number of aromatic nitrogens is 2. The van der Waals surface area contributed by atoms with Gasteiger partial charge < -0.3 is 20.3 Å². The second-order valence-corrected chi connectivity index (χ2v) is 4.75. The highest BCUT2D eigenvalue weighted by atomic mass is 16.5. The van der Waals surface area contributed by atoms with Crippen LogP contribution in [0.5, 0.6) is 0 Å². The Balaban J connectivity index is 2.20. The molecule has 1 fully saturated rings. The predicted octanol–water partition coefficient (Wildman–Crippen LogP) is 0.0149. The second-order valence-electron chi connectivity index (χ2n) is 4.75. The van der Waals surface area contributed by atoms with E-state index in [4.69, 9.17) is 10.5 Å². The van der Waals surface area contributed by atoms with Gasteiger partial charge in [0.25, 0.3) is 0 Å². The Morgan fingerprint density at radius 3 is 3.00 bits per heavy atom. The van der Waals surface area contributed by atoms with Crippen molar-refractivity contribution in [2.24, 2.45) is 5.73 Å². The van der Waals surface area contributed by atoms with Crippen molar-refractivity contribution in [1.82, 2.24) is 9.97 Å². The molecule has 0 aromatic carbocycles. The topological polar surface area (TPSA) is 67.5 Å². The molecule has 0 radical (unpaired) electrons. The highest BCUT2D eigenvalue weighted by molar-refractivity contribution is 5.48. The normalized spacial score (nSPS) is 20.0. The molecule has 2 heterocycles. The fraction of sp³-hybridized carbons (Fsp3) is 0.667. The third-order valence-corrected chi connectivity index (χ3v) is 3.04. The minimum absolute atomic E-state index is 0.0754. The lowest BCUT2D eigenvalue weighted by atomic mass is 10.3. The Bertz CT molecular complexity index is 409. The molecule has 1 unspecified atom stereocenters. The van der Waals surface area contributed by atoms with Gasteiger partial charge in [-0.3, -0.25) is 0 Å². The molecule has 1 saturated heterocycles. The third kappa shape index (κ3) is 2.70. The molecule has 1 aliphatic rings. The van der Waals surface area contributed by atoms with Gasteiger partial charge in [0.05, 0.1) is 12.7 Å². The molecule has 0 spiro atoms. The van der Waals surface area contributed by atoms with Crippen LogP contribution < -0.4 is 15.5 Å². The smallest absolute Gasteiger partial charge is 0.227 e. The molecule has 2 rings (SSSR count). The third-order valence-electron chi connectivity index (χ3n) is 3.04. The van der Waals surface area contributed by atoms with Gasteiger partial charge in [0, 0.05) is 45.5 Å². The van der Waals surface area contributed by atoms with Crippen LogP contribution in [0.4, 0.5) is 11.8 Å². The quantitative estimate of drug-likeness (QED) is 0.816. The fourth-order valence-electron chi connectivity index (χ4n) is 2.07. The van der Waals surface area contributed by atoms with E-state index in [1.165, 1.54) is 0 Å². The number of hydrogen-bond acceptors (Lipinski definition) is 6. The zero-order chi connectivity index (χ0) is 13.1.